The Kier molecular flexibility index (Phi) is 6.37. The van der Waals surface area contributed by atoms with E-state index in [1.165, 1.54) is 4.90 Å². The number of imide groups is 1. The highest BCUT2D eigenvalue weighted by atomic mass is 16.2. The maximum absolute atomic E-state index is 13.1. The molecule has 2 N–H and O–H groups in total. The number of nitrogens with zero attached hydrogens (tertiary/aromatic N) is 2. The second-order valence-electron chi connectivity index (χ2n) is 6.73. The van der Waals surface area contributed by atoms with Crippen LogP contribution in [0.2, 0.25) is 0 Å². The quantitative estimate of drug-likeness (QED) is 0.772. The first kappa shape index (κ1) is 19.5. The first-order chi connectivity index (χ1) is 13.6. The molecular formula is C21H24N4O3. The summed E-state index contributed by atoms with van der Waals surface area (Å²) in [6.07, 6.45) is 6.46. The Morgan fingerprint density at radius 2 is 2.07 bits per heavy atom. The summed E-state index contributed by atoms with van der Waals surface area (Å²) in [5.74, 6) is -0.565. The minimum atomic E-state index is -0.508. The van der Waals surface area contributed by atoms with Crippen LogP contribution in [-0.4, -0.2) is 29.4 Å². The number of carbonyl (C=O) groups excluding carboxylic acids is 3. The van der Waals surface area contributed by atoms with Crippen molar-refractivity contribution >= 4 is 23.5 Å². The van der Waals surface area contributed by atoms with Crippen LogP contribution < -0.4 is 15.5 Å². The molecule has 0 aliphatic carbocycles. The summed E-state index contributed by atoms with van der Waals surface area (Å²) in [6.45, 7) is 2.35. The van der Waals surface area contributed by atoms with Gasteiger partial charge in [0, 0.05) is 25.4 Å². The SMILES string of the molecule is CCCC[C@@H](NC(=O)c1ccccc1N1CCC(=O)NC1=O)c1cccnc1. The molecule has 2 heterocycles. The van der Waals surface area contributed by atoms with E-state index < -0.39 is 6.03 Å². The lowest BCUT2D eigenvalue weighted by Gasteiger charge is -2.28. The molecule has 1 aromatic heterocycles. The van der Waals surface area contributed by atoms with Crippen molar-refractivity contribution in [2.24, 2.45) is 0 Å². The Labute approximate surface area is 164 Å². The summed E-state index contributed by atoms with van der Waals surface area (Å²) in [6, 6.07) is 10.1. The van der Waals surface area contributed by atoms with E-state index in [1.807, 2.05) is 12.1 Å². The molecule has 0 bridgehead atoms. The van der Waals surface area contributed by atoms with E-state index in [0.29, 0.717) is 11.3 Å². The summed E-state index contributed by atoms with van der Waals surface area (Å²) in [5, 5.41) is 5.38. The van der Waals surface area contributed by atoms with Crippen molar-refractivity contribution in [1.29, 1.82) is 0 Å². The fourth-order valence-electron chi connectivity index (χ4n) is 3.24. The van der Waals surface area contributed by atoms with Gasteiger partial charge in [0.15, 0.2) is 0 Å². The molecule has 3 rings (SSSR count). The van der Waals surface area contributed by atoms with Crippen molar-refractivity contribution in [1.82, 2.24) is 15.6 Å². The summed E-state index contributed by atoms with van der Waals surface area (Å²) in [4.78, 5) is 42.3. The van der Waals surface area contributed by atoms with Gasteiger partial charge in [-0.05, 0) is 30.2 Å². The minimum absolute atomic E-state index is 0.161. The lowest BCUT2D eigenvalue weighted by molar-refractivity contribution is -0.120. The van der Waals surface area contributed by atoms with Crippen LogP contribution in [0.5, 0.6) is 0 Å². The Balaban J connectivity index is 1.83. The third kappa shape index (κ3) is 4.54. The van der Waals surface area contributed by atoms with E-state index in [9.17, 15) is 14.4 Å². The number of benzene rings is 1. The lowest BCUT2D eigenvalue weighted by Crippen LogP contribution is -2.50. The van der Waals surface area contributed by atoms with Crippen LogP contribution in [0.15, 0.2) is 48.8 Å². The number of hydrogen-bond acceptors (Lipinski definition) is 4. The number of amides is 4. The molecule has 146 valence electrons. The Morgan fingerprint density at radius 1 is 1.25 bits per heavy atom. The minimum Gasteiger partial charge on any atom is -0.345 e. The third-order valence-corrected chi connectivity index (χ3v) is 4.73. The second-order valence-corrected chi connectivity index (χ2v) is 6.73. The fraction of sp³-hybridized carbons (Fsp3) is 0.333. The van der Waals surface area contributed by atoms with E-state index in [1.54, 1.807) is 36.7 Å². The van der Waals surface area contributed by atoms with Gasteiger partial charge in [-0.3, -0.25) is 24.8 Å². The number of hydrogen-bond donors (Lipinski definition) is 2. The van der Waals surface area contributed by atoms with Gasteiger partial charge in [-0.2, -0.15) is 0 Å². The van der Waals surface area contributed by atoms with Crippen molar-refractivity contribution in [2.75, 3.05) is 11.4 Å². The van der Waals surface area contributed by atoms with Gasteiger partial charge in [-0.15, -0.1) is 0 Å². The summed E-state index contributed by atoms with van der Waals surface area (Å²) in [7, 11) is 0. The molecule has 7 nitrogen and oxygen atoms in total. The number of pyridine rings is 1. The van der Waals surface area contributed by atoms with Gasteiger partial charge >= 0.3 is 6.03 Å². The lowest BCUT2D eigenvalue weighted by atomic mass is 10.0. The molecule has 1 aliphatic heterocycles. The largest absolute Gasteiger partial charge is 0.345 e. The predicted molar refractivity (Wildman–Crippen MR) is 106 cm³/mol. The first-order valence-corrected chi connectivity index (χ1v) is 9.51. The molecule has 1 aliphatic rings. The van der Waals surface area contributed by atoms with Gasteiger partial charge in [0.1, 0.15) is 0 Å². The van der Waals surface area contributed by atoms with Crippen LogP contribution in [0.3, 0.4) is 0 Å². The summed E-state index contributed by atoms with van der Waals surface area (Å²) < 4.78 is 0. The zero-order chi connectivity index (χ0) is 19.9. The Morgan fingerprint density at radius 3 is 2.79 bits per heavy atom. The van der Waals surface area contributed by atoms with E-state index in [-0.39, 0.29) is 30.8 Å². The second kappa shape index (κ2) is 9.12. The van der Waals surface area contributed by atoms with Crippen LogP contribution >= 0.6 is 0 Å². The van der Waals surface area contributed by atoms with Crippen LogP contribution in [0.1, 0.15) is 54.6 Å². The molecular weight excluding hydrogens is 356 g/mol. The molecule has 1 aromatic carbocycles. The van der Waals surface area contributed by atoms with Gasteiger partial charge in [-0.1, -0.05) is 38.0 Å². The molecule has 0 spiro atoms. The number of carbonyl (C=O) groups is 3. The monoisotopic (exact) mass is 380 g/mol. The van der Waals surface area contributed by atoms with Crippen LogP contribution in [0, 0.1) is 0 Å². The average Bonchev–Trinajstić information content (AvgIpc) is 2.71. The Bertz CT molecular complexity index is 854. The molecule has 0 saturated carbocycles. The normalized spacial score (nSPS) is 15.1. The summed E-state index contributed by atoms with van der Waals surface area (Å²) in [5.41, 5.74) is 1.84. The topological polar surface area (TPSA) is 91.4 Å². The maximum Gasteiger partial charge on any atom is 0.328 e. The van der Waals surface area contributed by atoms with Crippen molar-refractivity contribution < 1.29 is 14.4 Å². The molecule has 0 radical (unpaired) electrons. The molecule has 1 fully saturated rings. The fourth-order valence-corrected chi connectivity index (χ4v) is 3.24. The van der Waals surface area contributed by atoms with Gasteiger partial charge in [0.2, 0.25) is 5.91 Å². The standard InChI is InChI=1S/C21H24N4O3/c1-2-3-9-17(15-7-6-12-22-14-15)23-20(27)16-8-4-5-10-18(16)25-13-11-19(26)24-21(25)28/h4-8,10,12,14,17H,2-3,9,11,13H2,1H3,(H,23,27)(H,24,26,28)/t17-/m1/s1. The van der Waals surface area contributed by atoms with E-state index in [2.05, 4.69) is 22.5 Å². The highest BCUT2D eigenvalue weighted by Gasteiger charge is 2.28. The van der Waals surface area contributed by atoms with E-state index in [4.69, 9.17) is 0 Å². The van der Waals surface area contributed by atoms with Crippen molar-refractivity contribution in [2.45, 2.75) is 38.6 Å². The van der Waals surface area contributed by atoms with Crippen molar-refractivity contribution in [3.05, 3.63) is 59.9 Å². The van der Waals surface area contributed by atoms with Crippen LogP contribution in [0.25, 0.3) is 0 Å². The highest BCUT2D eigenvalue weighted by Crippen LogP contribution is 2.25. The number of para-hydroxylation sites is 1. The van der Waals surface area contributed by atoms with Gasteiger partial charge < -0.3 is 5.32 Å². The zero-order valence-electron chi connectivity index (χ0n) is 15.9. The predicted octanol–water partition coefficient (Wildman–Crippen LogP) is 3.19. The van der Waals surface area contributed by atoms with Crippen molar-refractivity contribution in [3.8, 4) is 0 Å². The molecule has 1 saturated heterocycles. The Hall–Kier alpha value is -3.22. The maximum atomic E-state index is 13.1. The third-order valence-electron chi connectivity index (χ3n) is 4.73. The zero-order valence-corrected chi connectivity index (χ0v) is 15.9. The van der Waals surface area contributed by atoms with Crippen molar-refractivity contribution in [3.63, 3.8) is 0 Å². The number of rotatable bonds is 7. The van der Waals surface area contributed by atoms with Crippen LogP contribution in [-0.2, 0) is 4.79 Å². The van der Waals surface area contributed by atoms with Gasteiger partial charge in [0.25, 0.3) is 5.91 Å². The molecule has 2 aromatic rings. The summed E-state index contributed by atoms with van der Waals surface area (Å²) >= 11 is 0. The highest BCUT2D eigenvalue weighted by molar-refractivity contribution is 6.09. The first-order valence-electron chi connectivity index (χ1n) is 9.51. The molecule has 0 unspecified atom stereocenters. The van der Waals surface area contributed by atoms with Crippen LogP contribution in [0.4, 0.5) is 10.5 Å². The molecule has 4 amide bonds. The van der Waals surface area contributed by atoms with E-state index >= 15 is 0 Å². The molecule has 1 atom stereocenters. The molecule has 7 heteroatoms. The number of aromatic nitrogens is 1. The van der Waals surface area contributed by atoms with E-state index in [0.717, 1.165) is 24.8 Å². The number of unbranched alkanes of at least 4 members (excludes halogenated alkanes) is 1. The average molecular weight is 380 g/mol. The van der Waals surface area contributed by atoms with Gasteiger partial charge in [0.05, 0.1) is 17.3 Å². The molecule has 28 heavy (non-hydrogen) atoms. The van der Waals surface area contributed by atoms with Gasteiger partial charge in [-0.25, -0.2) is 4.79 Å². The number of nitrogens with one attached hydrogen (secondary N) is 2. The number of anilines is 1. The smallest absolute Gasteiger partial charge is 0.328 e. The number of urea groups is 1.